The molecule has 0 N–H and O–H groups in total. The molecule has 3 heterocycles. The Morgan fingerprint density at radius 1 is 0.842 bits per heavy atom. The average Bonchev–Trinajstić information content (AvgIpc) is 2.48. The number of carbonyl (C=O) groups is 1. The van der Waals surface area contributed by atoms with Crippen LogP contribution in [0.3, 0.4) is 0 Å². The molecule has 3 fully saturated rings. The van der Waals surface area contributed by atoms with E-state index in [-0.39, 0.29) is 17.4 Å². The SMILES string of the molecule is O=C(C1CCOCC1)C1CCOC2(CCOCC2)C1. The van der Waals surface area contributed by atoms with Crippen molar-refractivity contribution < 1.29 is 19.0 Å². The molecule has 3 aliphatic heterocycles. The minimum Gasteiger partial charge on any atom is -0.381 e. The summed E-state index contributed by atoms with van der Waals surface area (Å²) in [7, 11) is 0. The first kappa shape index (κ1) is 13.5. The van der Waals surface area contributed by atoms with Crippen molar-refractivity contribution in [3.05, 3.63) is 0 Å². The number of rotatable bonds is 2. The molecule has 0 radical (unpaired) electrons. The first-order valence-corrected chi connectivity index (χ1v) is 7.62. The standard InChI is InChI=1S/C15H24O4/c16-14(12-1-6-17-7-2-12)13-3-8-19-15(11-13)4-9-18-10-5-15/h12-13H,1-11H2. The third-order valence-electron chi connectivity index (χ3n) is 4.92. The maximum absolute atomic E-state index is 12.6. The highest BCUT2D eigenvalue weighted by Crippen LogP contribution is 2.39. The molecule has 1 unspecified atom stereocenters. The first-order valence-electron chi connectivity index (χ1n) is 7.62. The minimum atomic E-state index is -0.0675. The zero-order chi connectivity index (χ0) is 13.1. The molecule has 0 aromatic heterocycles. The van der Waals surface area contributed by atoms with E-state index in [9.17, 15) is 4.79 Å². The topological polar surface area (TPSA) is 44.8 Å². The van der Waals surface area contributed by atoms with E-state index in [1.54, 1.807) is 0 Å². The molecule has 4 heteroatoms. The molecule has 3 aliphatic rings. The van der Waals surface area contributed by atoms with Gasteiger partial charge in [-0.15, -0.1) is 0 Å². The van der Waals surface area contributed by atoms with Crippen molar-refractivity contribution in [2.24, 2.45) is 11.8 Å². The van der Waals surface area contributed by atoms with Gasteiger partial charge in [-0.1, -0.05) is 0 Å². The van der Waals surface area contributed by atoms with Crippen molar-refractivity contribution in [2.45, 2.75) is 44.1 Å². The van der Waals surface area contributed by atoms with Gasteiger partial charge in [-0.2, -0.15) is 0 Å². The lowest BCUT2D eigenvalue weighted by atomic mass is 9.75. The van der Waals surface area contributed by atoms with Crippen molar-refractivity contribution in [3.63, 3.8) is 0 Å². The van der Waals surface area contributed by atoms with E-state index in [4.69, 9.17) is 14.2 Å². The van der Waals surface area contributed by atoms with Gasteiger partial charge in [0.1, 0.15) is 5.78 Å². The van der Waals surface area contributed by atoms with E-state index in [0.29, 0.717) is 5.78 Å². The normalized spacial score (nSPS) is 32.3. The zero-order valence-corrected chi connectivity index (χ0v) is 11.6. The van der Waals surface area contributed by atoms with Crippen molar-refractivity contribution in [1.29, 1.82) is 0 Å². The number of hydrogen-bond donors (Lipinski definition) is 0. The molecule has 1 spiro atoms. The molecular formula is C15H24O4. The van der Waals surface area contributed by atoms with Crippen LogP contribution in [0.2, 0.25) is 0 Å². The fourth-order valence-electron chi connectivity index (χ4n) is 3.68. The van der Waals surface area contributed by atoms with Crippen LogP contribution >= 0.6 is 0 Å². The number of ketones is 1. The number of ether oxygens (including phenoxy) is 3. The maximum Gasteiger partial charge on any atom is 0.139 e. The molecule has 4 nitrogen and oxygen atoms in total. The summed E-state index contributed by atoms with van der Waals surface area (Å²) in [5.41, 5.74) is -0.0675. The van der Waals surface area contributed by atoms with Gasteiger partial charge >= 0.3 is 0 Å². The number of hydrogen-bond acceptors (Lipinski definition) is 4. The highest BCUT2D eigenvalue weighted by Gasteiger charge is 2.42. The second-order valence-electron chi connectivity index (χ2n) is 6.12. The predicted molar refractivity (Wildman–Crippen MR) is 70.0 cm³/mol. The van der Waals surface area contributed by atoms with Crippen LogP contribution in [0.15, 0.2) is 0 Å². The summed E-state index contributed by atoms with van der Waals surface area (Å²) in [5.74, 6) is 0.904. The molecule has 0 saturated carbocycles. The lowest BCUT2D eigenvalue weighted by Crippen LogP contribution is -2.47. The zero-order valence-electron chi connectivity index (χ0n) is 11.6. The van der Waals surface area contributed by atoms with Crippen LogP contribution in [-0.4, -0.2) is 44.4 Å². The van der Waals surface area contributed by atoms with Gasteiger partial charge in [-0.05, 0) is 38.5 Å². The summed E-state index contributed by atoms with van der Waals surface area (Å²) in [6.45, 7) is 3.78. The Morgan fingerprint density at radius 2 is 1.47 bits per heavy atom. The van der Waals surface area contributed by atoms with E-state index in [1.165, 1.54) is 0 Å². The Hall–Kier alpha value is -0.450. The van der Waals surface area contributed by atoms with Crippen molar-refractivity contribution in [2.75, 3.05) is 33.0 Å². The number of carbonyl (C=O) groups excluding carboxylic acids is 1. The van der Waals surface area contributed by atoms with Crippen molar-refractivity contribution in [3.8, 4) is 0 Å². The Kier molecular flexibility index (Phi) is 4.20. The molecule has 3 rings (SSSR count). The fourth-order valence-corrected chi connectivity index (χ4v) is 3.68. The quantitative estimate of drug-likeness (QED) is 0.768. The maximum atomic E-state index is 12.6. The van der Waals surface area contributed by atoms with E-state index >= 15 is 0 Å². The molecule has 0 aliphatic carbocycles. The Morgan fingerprint density at radius 3 is 2.21 bits per heavy atom. The largest absolute Gasteiger partial charge is 0.381 e. The summed E-state index contributed by atoms with van der Waals surface area (Å²) < 4.78 is 16.8. The Bertz CT molecular complexity index is 311. The lowest BCUT2D eigenvalue weighted by Gasteiger charge is -2.43. The van der Waals surface area contributed by atoms with E-state index in [0.717, 1.165) is 71.6 Å². The third-order valence-corrected chi connectivity index (χ3v) is 4.92. The molecule has 108 valence electrons. The monoisotopic (exact) mass is 268 g/mol. The summed E-state index contributed by atoms with van der Waals surface area (Å²) in [4.78, 5) is 12.6. The Labute approximate surface area is 114 Å². The molecule has 0 amide bonds. The molecule has 1 atom stereocenters. The average molecular weight is 268 g/mol. The van der Waals surface area contributed by atoms with Gasteiger partial charge in [0.05, 0.1) is 5.60 Å². The highest BCUT2D eigenvalue weighted by molar-refractivity contribution is 5.83. The molecule has 0 bridgehead atoms. The summed E-state index contributed by atoms with van der Waals surface area (Å²) >= 11 is 0. The van der Waals surface area contributed by atoms with Gasteiger partial charge in [0.2, 0.25) is 0 Å². The first-order chi connectivity index (χ1) is 9.29. The number of Topliss-reactive ketones (excluding diaryl/α,β-unsaturated/α-hetero) is 1. The highest BCUT2D eigenvalue weighted by atomic mass is 16.5. The van der Waals surface area contributed by atoms with E-state index in [1.807, 2.05) is 0 Å². The van der Waals surface area contributed by atoms with E-state index in [2.05, 4.69) is 0 Å². The molecule has 0 aromatic carbocycles. The van der Waals surface area contributed by atoms with Crippen LogP contribution in [0.25, 0.3) is 0 Å². The summed E-state index contributed by atoms with van der Waals surface area (Å²) in [6, 6.07) is 0. The lowest BCUT2D eigenvalue weighted by molar-refractivity contribution is -0.160. The van der Waals surface area contributed by atoms with Crippen LogP contribution in [-0.2, 0) is 19.0 Å². The van der Waals surface area contributed by atoms with Gasteiger partial charge in [0, 0.05) is 44.9 Å². The summed E-state index contributed by atoms with van der Waals surface area (Å²) in [5, 5.41) is 0. The minimum absolute atomic E-state index is 0.0675. The van der Waals surface area contributed by atoms with Gasteiger partial charge < -0.3 is 14.2 Å². The van der Waals surface area contributed by atoms with Gasteiger partial charge in [-0.25, -0.2) is 0 Å². The summed E-state index contributed by atoms with van der Waals surface area (Å²) in [6.07, 6.45) is 5.53. The second kappa shape index (κ2) is 5.90. The third kappa shape index (κ3) is 3.01. The van der Waals surface area contributed by atoms with Crippen LogP contribution in [0.1, 0.15) is 38.5 Å². The van der Waals surface area contributed by atoms with Crippen LogP contribution in [0.4, 0.5) is 0 Å². The molecule has 0 aromatic rings. The molecular weight excluding hydrogens is 244 g/mol. The predicted octanol–water partition coefficient (Wildman–Crippen LogP) is 1.96. The van der Waals surface area contributed by atoms with E-state index < -0.39 is 0 Å². The van der Waals surface area contributed by atoms with Gasteiger partial charge in [0.25, 0.3) is 0 Å². The molecule has 3 saturated heterocycles. The fraction of sp³-hybridized carbons (Fsp3) is 0.933. The van der Waals surface area contributed by atoms with Gasteiger partial charge in [0.15, 0.2) is 0 Å². The van der Waals surface area contributed by atoms with Crippen molar-refractivity contribution in [1.82, 2.24) is 0 Å². The second-order valence-corrected chi connectivity index (χ2v) is 6.12. The van der Waals surface area contributed by atoms with Crippen LogP contribution < -0.4 is 0 Å². The van der Waals surface area contributed by atoms with Gasteiger partial charge in [-0.3, -0.25) is 4.79 Å². The van der Waals surface area contributed by atoms with Crippen molar-refractivity contribution >= 4 is 5.78 Å². The Balaban J connectivity index is 1.62. The molecule has 19 heavy (non-hydrogen) atoms. The smallest absolute Gasteiger partial charge is 0.139 e. The van der Waals surface area contributed by atoms with Crippen LogP contribution in [0.5, 0.6) is 0 Å². The van der Waals surface area contributed by atoms with Crippen LogP contribution in [0, 0.1) is 11.8 Å².